The summed E-state index contributed by atoms with van der Waals surface area (Å²) in [6, 6.07) is 18.4. The topological polar surface area (TPSA) is 86.8 Å². The van der Waals surface area contributed by atoms with Crippen molar-refractivity contribution in [2.75, 3.05) is 10.8 Å². The Morgan fingerprint density at radius 2 is 1.55 bits per heavy atom. The fraction of sp³-hybridized carbons (Fsp3) is 0.259. The van der Waals surface area contributed by atoms with Gasteiger partial charge in [-0.15, -0.1) is 0 Å². The molecule has 0 spiro atoms. The number of sulfonamides is 1. The predicted octanol–water partition coefficient (Wildman–Crippen LogP) is 5.89. The molecule has 1 atom stereocenters. The minimum atomic E-state index is -4.11. The number of nitrogens with zero attached hydrogens (tertiary/aromatic N) is 2. The Balaban J connectivity index is 2.02. The predicted molar refractivity (Wildman–Crippen MR) is 155 cm³/mol. The number of carbonyl (C=O) groups is 2. The van der Waals surface area contributed by atoms with Crippen LogP contribution in [-0.2, 0) is 26.2 Å². The monoisotopic (exact) mass is 639 g/mol. The maximum atomic E-state index is 13.8. The van der Waals surface area contributed by atoms with Gasteiger partial charge in [-0.3, -0.25) is 13.9 Å². The van der Waals surface area contributed by atoms with Crippen molar-refractivity contribution in [1.82, 2.24) is 10.2 Å². The highest BCUT2D eigenvalue weighted by Crippen LogP contribution is 2.27. The van der Waals surface area contributed by atoms with Crippen LogP contribution in [0.3, 0.4) is 0 Å². The third-order valence-corrected chi connectivity index (χ3v) is 8.72. The molecule has 0 radical (unpaired) electrons. The first kappa shape index (κ1) is 30.0. The highest BCUT2D eigenvalue weighted by molar-refractivity contribution is 9.10. The Bertz CT molecular complexity index is 1390. The van der Waals surface area contributed by atoms with Gasteiger partial charge in [-0.1, -0.05) is 63.4 Å². The highest BCUT2D eigenvalue weighted by atomic mass is 79.9. The average molecular weight is 641 g/mol. The van der Waals surface area contributed by atoms with Crippen LogP contribution < -0.4 is 9.62 Å². The van der Waals surface area contributed by atoms with Crippen LogP contribution in [0.25, 0.3) is 0 Å². The zero-order valence-electron chi connectivity index (χ0n) is 21.1. The zero-order valence-corrected chi connectivity index (χ0v) is 25.0. The molecule has 202 valence electrons. The molecule has 1 N–H and O–H groups in total. The second-order valence-electron chi connectivity index (χ2n) is 8.91. The Morgan fingerprint density at radius 3 is 2.13 bits per heavy atom. The molecule has 0 aliphatic rings. The number of hydrogen-bond acceptors (Lipinski definition) is 4. The minimum Gasteiger partial charge on any atom is -0.352 e. The largest absolute Gasteiger partial charge is 0.352 e. The molecule has 0 bridgehead atoms. The van der Waals surface area contributed by atoms with E-state index >= 15 is 0 Å². The molecule has 0 saturated carbocycles. The summed E-state index contributed by atoms with van der Waals surface area (Å²) in [7, 11) is -4.11. The lowest BCUT2D eigenvalue weighted by Gasteiger charge is -2.32. The first-order valence-corrected chi connectivity index (χ1v) is 14.8. The van der Waals surface area contributed by atoms with Gasteiger partial charge in [0, 0.05) is 17.1 Å². The molecule has 0 aliphatic heterocycles. The number of nitrogens with one attached hydrogen (secondary N) is 1. The van der Waals surface area contributed by atoms with Crippen molar-refractivity contribution < 1.29 is 18.0 Å². The molecule has 0 aromatic heterocycles. The van der Waals surface area contributed by atoms with E-state index in [2.05, 4.69) is 21.2 Å². The lowest BCUT2D eigenvalue weighted by molar-refractivity contribution is -0.139. The molecule has 38 heavy (non-hydrogen) atoms. The third-order valence-electron chi connectivity index (χ3n) is 5.66. The fourth-order valence-electron chi connectivity index (χ4n) is 3.68. The Kier molecular flexibility index (Phi) is 10.2. The molecule has 7 nitrogen and oxygen atoms in total. The smallest absolute Gasteiger partial charge is 0.264 e. The Labute approximate surface area is 241 Å². The molecule has 0 fully saturated rings. The number of benzene rings is 3. The molecule has 0 aliphatic carbocycles. The fourth-order valence-corrected chi connectivity index (χ4v) is 5.70. The lowest BCUT2D eigenvalue weighted by Crippen LogP contribution is -2.52. The molecule has 3 aromatic rings. The van der Waals surface area contributed by atoms with E-state index < -0.39 is 28.5 Å². The standard InChI is InChI=1S/C27H28BrCl2N3O4S/c1-18(2)31-27(35)19(3)32(16-20-9-14-24(29)25(30)15-20)26(34)17-33(22-12-10-21(28)11-13-22)38(36,37)23-7-5-4-6-8-23/h4-15,18-19H,16-17H2,1-3H3,(H,31,35). The van der Waals surface area contributed by atoms with E-state index in [9.17, 15) is 18.0 Å². The van der Waals surface area contributed by atoms with Crippen LogP contribution in [0.1, 0.15) is 26.3 Å². The van der Waals surface area contributed by atoms with E-state index in [4.69, 9.17) is 23.2 Å². The molecular formula is C27H28BrCl2N3O4S. The minimum absolute atomic E-state index is 0.0158. The van der Waals surface area contributed by atoms with Gasteiger partial charge in [-0.25, -0.2) is 8.42 Å². The number of anilines is 1. The summed E-state index contributed by atoms with van der Waals surface area (Å²) in [4.78, 5) is 28.1. The molecular weight excluding hydrogens is 613 g/mol. The summed E-state index contributed by atoms with van der Waals surface area (Å²) in [6.45, 7) is 4.72. The molecule has 0 saturated heterocycles. The van der Waals surface area contributed by atoms with Crippen molar-refractivity contribution in [3.8, 4) is 0 Å². The Morgan fingerprint density at radius 1 is 0.921 bits per heavy atom. The van der Waals surface area contributed by atoms with Crippen molar-refractivity contribution in [3.63, 3.8) is 0 Å². The van der Waals surface area contributed by atoms with Crippen molar-refractivity contribution in [2.45, 2.75) is 44.3 Å². The normalized spacial score (nSPS) is 12.2. The quantitative estimate of drug-likeness (QED) is 0.299. The third kappa shape index (κ3) is 7.50. The van der Waals surface area contributed by atoms with Crippen molar-refractivity contribution in [3.05, 3.63) is 92.9 Å². The number of carbonyl (C=O) groups excluding carboxylic acids is 2. The van der Waals surface area contributed by atoms with Crippen molar-refractivity contribution in [2.24, 2.45) is 0 Å². The van der Waals surface area contributed by atoms with Crippen LogP contribution in [0.5, 0.6) is 0 Å². The van der Waals surface area contributed by atoms with Crippen LogP contribution in [-0.4, -0.2) is 43.8 Å². The molecule has 3 aromatic carbocycles. The van der Waals surface area contributed by atoms with Crippen LogP contribution in [0, 0.1) is 0 Å². The van der Waals surface area contributed by atoms with Gasteiger partial charge in [0.25, 0.3) is 10.0 Å². The van der Waals surface area contributed by atoms with Gasteiger partial charge >= 0.3 is 0 Å². The average Bonchev–Trinajstić information content (AvgIpc) is 2.88. The van der Waals surface area contributed by atoms with Crippen LogP contribution >= 0.6 is 39.1 Å². The van der Waals surface area contributed by atoms with Gasteiger partial charge in [0.1, 0.15) is 12.6 Å². The molecule has 1 unspecified atom stereocenters. The number of hydrogen-bond donors (Lipinski definition) is 1. The first-order valence-electron chi connectivity index (χ1n) is 11.8. The van der Waals surface area contributed by atoms with Crippen LogP contribution in [0.2, 0.25) is 10.0 Å². The molecule has 2 amide bonds. The molecule has 11 heteroatoms. The summed E-state index contributed by atoms with van der Waals surface area (Å²) < 4.78 is 29.2. The maximum Gasteiger partial charge on any atom is 0.264 e. The Hall–Kier alpha value is -2.59. The highest BCUT2D eigenvalue weighted by Gasteiger charge is 2.32. The SMILES string of the molecule is CC(C)NC(=O)C(C)N(Cc1ccc(Cl)c(Cl)c1)C(=O)CN(c1ccc(Br)cc1)S(=O)(=O)c1ccccc1. The number of rotatable bonds is 10. The van der Waals surface area contributed by atoms with Crippen LogP contribution in [0.4, 0.5) is 5.69 Å². The van der Waals surface area contributed by atoms with E-state index in [1.165, 1.54) is 17.0 Å². The zero-order chi connectivity index (χ0) is 28.0. The lowest BCUT2D eigenvalue weighted by atomic mass is 10.1. The second-order valence-corrected chi connectivity index (χ2v) is 12.5. The van der Waals surface area contributed by atoms with Gasteiger partial charge in [0.2, 0.25) is 11.8 Å². The second kappa shape index (κ2) is 13.0. The summed E-state index contributed by atoms with van der Waals surface area (Å²) in [5.41, 5.74) is 0.942. The summed E-state index contributed by atoms with van der Waals surface area (Å²) in [6.07, 6.45) is 0. The van der Waals surface area contributed by atoms with E-state index in [1.54, 1.807) is 67.6 Å². The summed E-state index contributed by atoms with van der Waals surface area (Å²) in [5.74, 6) is -0.931. The van der Waals surface area contributed by atoms with Gasteiger partial charge in [0.15, 0.2) is 0 Å². The van der Waals surface area contributed by atoms with Crippen LogP contribution in [0.15, 0.2) is 82.2 Å². The molecule has 0 heterocycles. The first-order chi connectivity index (χ1) is 17.9. The van der Waals surface area contributed by atoms with E-state index in [0.29, 0.717) is 21.3 Å². The van der Waals surface area contributed by atoms with E-state index in [0.717, 1.165) is 8.78 Å². The summed E-state index contributed by atoms with van der Waals surface area (Å²) >= 11 is 15.6. The van der Waals surface area contributed by atoms with Gasteiger partial charge < -0.3 is 10.2 Å². The van der Waals surface area contributed by atoms with E-state index in [-0.39, 0.29) is 23.4 Å². The maximum absolute atomic E-state index is 13.8. The number of halogens is 3. The van der Waals surface area contributed by atoms with Gasteiger partial charge in [-0.05, 0) is 74.9 Å². The van der Waals surface area contributed by atoms with Crippen molar-refractivity contribution >= 4 is 66.7 Å². The van der Waals surface area contributed by atoms with Gasteiger partial charge in [-0.2, -0.15) is 0 Å². The summed E-state index contributed by atoms with van der Waals surface area (Å²) in [5, 5.41) is 3.47. The van der Waals surface area contributed by atoms with Crippen molar-refractivity contribution in [1.29, 1.82) is 0 Å². The number of amides is 2. The van der Waals surface area contributed by atoms with E-state index in [1.807, 2.05) is 13.8 Å². The molecule has 3 rings (SSSR count). The van der Waals surface area contributed by atoms with Gasteiger partial charge in [0.05, 0.1) is 20.6 Å².